The van der Waals surface area contributed by atoms with Crippen LogP contribution in [0.5, 0.6) is 0 Å². The van der Waals surface area contributed by atoms with Crippen LogP contribution in [-0.4, -0.2) is 57.6 Å². The van der Waals surface area contributed by atoms with Crippen LogP contribution in [0, 0.1) is 6.92 Å². The lowest BCUT2D eigenvalue weighted by Crippen LogP contribution is -2.47. The molecule has 7 nitrogen and oxygen atoms in total. The summed E-state index contributed by atoms with van der Waals surface area (Å²) in [7, 11) is 0. The minimum atomic E-state index is -0.0342. The Labute approximate surface area is 126 Å². The van der Waals surface area contributed by atoms with Crippen LogP contribution in [0.3, 0.4) is 0 Å². The third kappa shape index (κ3) is 3.45. The van der Waals surface area contributed by atoms with E-state index in [2.05, 4.69) is 25.1 Å². The van der Waals surface area contributed by atoms with Crippen LogP contribution in [0.1, 0.15) is 5.69 Å². The lowest BCUT2D eigenvalue weighted by molar-refractivity contribution is 0.242. The molecular formula is C13H18N6OS. The molecule has 0 amide bonds. The zero-order valence-electron chi connectivity index (χ0n) is 12.0. The fraction of sp³-hybridized carbons (Fsp3) is 0.538. The Kier molecular flexibility index (Phi) is 4.26. The SMILES string of the molecule is Cc1ccc(=O)n(CCN2CCN(c3nncs3)CC2)n1. The maximum absolute atomic E-state index is 11.7. The minimum absolute atomic E-state index is 0.0342. The van der Waals surface area contributed by atoms with Crippen molar-refractivity contribution >= 4 is 16.5 Å². The van der Waals surface area contributed by atoms with E-state index in [1.807, 2.05) is 6.92 Å². The van der Waals surface area contributed by atoms with E-state index in [4.69, 9.17) is 0 Å². The lowest BCUT2D eigenvalue weighted by atomic mass is 10.3. The first-order valence-corrected chi connectivity index (χ1v) is 7.88. The quantitative estimate of drug-likeness (QED) is 0.805. The van der Waals surface area contributed by atoms with E-state index >= 15 is 0 Å². The summed E-state index contributed by atoms with van der Waals surface area (Å²) in [6.45, 7) is 7.23. The summed E-state index contributed by atoms with van der Waals surface area (Å²) in [5.41, 5.74) is 2.60. The molecule has 0 aromatic carbocycles. The van der Waals surface area contributed by atoms with Crippen molar-refractivity contribution in [2.45, 2.75) is 13.5 Å². The van der Waals surface area contributed by atoms with E-state index in [0.717, 1.165) is 43.5 Å². The summed E-state index contributed by atoms with van der Waals surface area (Å²) in [5.74, 6) is 0. The number of hydrogen-bond donors (Lipinski definition) is 0. The van der Waals surface area contributed by atoms with Crippen molar-refractivity contribution in [2.24, 2.45) is 0 Å². The van der Waals surface area contributed by atoms with Gasteiger partial charge in [-0.15, -0.1) is 10.2 Å². The highest BCUT2D eigenvalue weighted by Crippen LogP contribution is 2.17. The molecule has 0 spiro atoms. The number of aromatic nitrogens is 4. The third-order valence-corrected chi connectivity index (χ3v) is 4.37. The van der Waals surface area contributed by atoms with E-state index in [0.29, 0.717) is 6.54 Å². The number of rotatable bonds is 4. The van der Waals surface area contributed by atoms with Crippen LogP contribution in [0.15, 0.2) is 22.4 Å². The fourth-order valence-electron chi connectivity index (χ4n) is 2.42. The highest BCUT2D eigenvalue weighted by atomic mass is 32.1. The minimum Gasteiger partial charge on any atom is -0.344 e. The van der Waals surface area contributed by atoms with Gasteiger partial charge in [0.1, 0.15) is 5.51 Å². The molecule has 0 unspecified atom stereocenters. The lowest BCUT2D eigenvalue weighted by Gasteiger charge is -2.34. The van der Waals surface area contributed by atoms with Crippen LogP contribution in [0.2, 0.25) is 0 Å². The average molecular weight is 306 g/mol. The van der Waals surface area contributed by atoms with Crippen molar-refractivity contribution in [3.05, 3.63) is 33.7 Å². The first-order chi connectivity index (χ1) is 10.2. The van der Waals surface area contributed by atoms with Crippen molar-refractivity contribution in [3.8, 4) is 0 Å². The van der Waals surface area contributed by atoms with Gasteiger partial charge in [-0.1, -0.05) is 11.3 Å². The number of nitrogens with zero attached hydrogens (tertiary/aromatic N) is 6. The van der Waals surface area contributed by atoms with E-state index in [9.17, 15) is 4.79 Å². The second kappa shape index (κ2) is 6.31. The molecule has 1 aliphatic heterocycles. The van der Waals surface area contributed by atoms with Crippen LogP contribution < -0.4 is 10.5 Å². The topological polar surface area (TPSA) is 67.2 Å². The summed E-state index contributed by atoms with van der Waals surface area (Å²) in [6, 6.07) is 3.33. The van der Waals surface area contributed by atoms with E-state index in [-0.39, 0.29) is 5.56 Å². The molecule has 8 heteroatoms. The molecule has 2 aromatic rings. The normalized spacial score (nSPS) is 16.3. The first-order valence-electron chi connectivity index (χ1n) is 7.00. The second-order valence-electron chi connectivity index (χ2n) is 5.09. The van der Waals surface area contributed by atoms with Crippen molar-refractivity contribution in [2.75, 3.05) is 37.6 Å². The maximum atomic E-state index is 11.7. The Balaban J connectivity index is 1.52. The van der Waals surface area contributed by atoms with Gasteiger partial charge in [0.2, 0.25) is 5.13 Å². The van der Waals surface area contributed by atoms with Gasteiger partial charge in [-0.3, -0.25) is 9.69 Å². The Morgan fingerprint density at radius 3 is 2.71 bits per heavy atom. The average Bonchev–Trinajstić information content (AvgIpc) is 3.03. The van der Waals surface area contributed by atoms with Gasteiger partial charge in [-0.25, -0.2) is 4.68 Å². The van der Waals surface area contributed by atoms with Crippen molar-refractivity contribution in [1.29, 1.82) is 0 Å². The Morgan fingerprint density at radius 1 is 1.19 bits per heavy atom. The van der Waals surface area contributed by atoms with Gasteiger partial charge in [0.25, 0.3) is 5.56 Å². The summed E-state index contributed by atoms with van der Waals surface area (Å²) in [6.07, 6.45) is 0. The van der Waals surface area contributed by atoms with Gasteiger partial charge in [0.05, 0.1) is 12.2 Å². The van der Waals surface area contributed by atoms with E-state index in [1.54, 1.807) is 33.7 Å². The molecule has 2 aromatic heterocycles. The zero-order valence-corrected chi connectivity index (χ0v) is 12.8. The second-order valence-corrected chi connectivity index (χ2v) is 5.90. The monoisotopic (exact) mass is 306 g/mol. The van der Waals surface area contributed by atoms with Crippen LogP contribution in [0.25, 0.3) is 0 Å². The van der Waals surface area contributed by atoms with E-state index in [1.165, 1.54) is 0 Å². The van der Waals surface area contributed by atoms with Crippen molar-refractivity contribution in [1.82, 2.24) is 24.9 Å². The number of aryl methyl sites for hydroxylation is 1. The molecule has 0 aliphatic carbocycles. The molecule has 1 fully saturated rings. The van der Waals surface area contributed by atoms with Crippen LogP contribution >= 0.6 is 11.3 Å². The predicted molar refractivity (Wildman–Crippen MR) is 81.8 cm³/mol. The number of anilines is 1. The molecule has 0 bridgehead atoms. The molecule has 0 radical (unpaired) electrons. The zero-order chi connectivity index (χ0) is 14.7. The van der Waals surface area contributed by atoms with Crippen molar-refractivity contribution in [3.63, 3.8) is 0 Å². The molecule has 3 rings (SSSR count). The summed E-state index contributed by atoms with van der Waals surface area (Å²) >= 11 is 1.57. The largest absolute Gasteiger partial charge is 0.344 e. The van der Waals surface area contributed by atoms with Crippen LogP contribution in [-0.2, 0) is 6.54 Å². The predicted octanol–water partition coefficient (Wildman–Crippen LogP) is 0.225. The molecule has 21 heavy (non-hydrogen) atoms. The van der Waals surface area contributed by atoms with Crippen LogP contribution in [0.4, 0.5) is 5.13 Å². The summed E-state index contributed by atoms with van der Waals surface area (Å²) in [4.78, 5) is 16.3. The standard InChI is InChI=1S/C13H18N6OS/c1-11-2-3-12(20)19(16-11)9-6-17-4-7-18(8-5-17)13-15-14-10-21-13/h2-3,10H,4-9H2,1H3. The van der Waals surface area contributed by atoms with Gasteiger partial charge in [0, 0.05) is 38.8 Å². The summed E-state index contributed by atoms with van der Waals surface area (Å²) < 4.78 is 1.55. The highest BCUT2D eigenvalue weighted by Gasteiger charge is 2.18. The van der Waals surface area contributed by atoms with Gasteiger partial charge in [0.15, 0.2) is 0 Å². The van der Waals surface area contributed by atoms with Gasteiger partial charge in [-0.05, 0) is 13.0 Å². The molecule has 0 atom stereocenters. The Morgan fingerprint density at radius 2 is 2.00 bits per heavy atom. The number of hydrogen-bond acceptors (Lipinski definition) is 7. The van der Waals surface area contributed by atoms with Gasteiger partial charge in [-0.2, -0.15) is 5.10 Å². The van der Waals surface area contributed by atoms with Crippen molar-refractivity contribution < 1.29 is 0 Å². The summed E-state index contributed by atoms with van der Waals surface area (Å²) in [5, 5.41) is 13.2. The van der Waals surface area contributed by atoms with E-state index < -0.39 is 0 Å². The molecular weight excluding hydrogens is 288 g/mol. The molecule has 112 valence electrons. The van der Waals surface area contributed by atoms with Gasteiger partial charge < -0.3 is 4.90 Å². The molecule has 1 aliphatic rings. The Hall–Kier alpha value is -1.80. The van der Waals surface area contributed by atoms with Gasteiger partial charge >= 0.3 is 0 Å². The number of piperazine rings is 1. The highest BCUT2D eigenvalue weighted by molar-refractivity contribution is 7.13. The smallest absolute Gasteiger partial charge is 0.266 e. The Bertz CT molecular complexity index is 632. The molecule has 3 heterocycles. The maximum Gasteiger partial charge on any atom is 0.266 e. The molecule has 0 saturated carbocycles. The first kappa shape index (κ1) is 14.2. The fourth-order valence-corrected chi connectivity index (χ4v) is 3.03. The molecule has 1 saturated heterocycles. The molecule has 0 N–H and O–H groups in total. The third-order valence-electron chi connectivity index (χ3n) is 3.62.